The van der Waals surface area contributed by atoms with Crippen molar-refractivity contribution in [1.82, 2.24) is 4.98 Å². The average molecular weight is 522 g/mol. The maximum absolute atomic E-state index is 13.6. The van der Waals surface area contributed by atoms with E-state index in [-0.39, 0.29) is 34.8 Å². The first kappa shape index (κ1) is 27.3. The molecule has 2 atom stereocenters. The standard InChI is InChI=1S/C30H23F2NO2S.Na/c1-18(30(34)35)17-36-29-24-5-3-2-4-20(24)9-10-21-8-6-19(14-25(21)29)7-12-23-13-11-22-15-26(31)27(32)16-28(22)33-23;/h2-16,18,29H,17H2,1H3,(H,34,35);/q;+1/p-1/b12-7+;/t18-,29?;/m1./s1. The van der Waals surface area contributed by atoms with Gasteiger partial charge in [0, 0.05) is 29.1 Å². The van der Waals surface area contributed by atoms with Gasteiger partial charge in [0.25, 0.3) is 0 Å². The van der Waals surface area contributed by atoms with Gasteiger partial charge in [0.05, 0.1) is 16.5 Å². The van der Waals surface area contributed by atoms with Gasteiger partial charge in [0.1, 0.15) is 0 Å². The molecule has 0 amide bonds. The van der Waals surface area contributed by atoms with Crippen LogP contribution < -0.4 is 34.7 Å². The second-order valence-corrected chi connectivity index (χ2v) is 9.95. The number of carbonyl (C=O) groups is 1. The van der Waals surface area contributed by atoms with E-state index in [1.165, 1.54) is 0 Å². The molecule has 1 aliphatic carbocycles. The molecule has 0 aliphatic heterocycles. The number of carboxylic acids is 1. The summed E-state index contributed by atoms with van der Waals surface area (Å²) in [6.07, 6.45) is 7.94. The van der Waals surface area contributed by atoms with Gasteiger partial charge in [0.2, 0.25) is 0 Å². The van der Waals surface area contributed by atoms with Gasteiger partial charge in [-0.25, -0.2) is 13.8 Å². The quantitative estimate of drug-likeness (QED) is 0.365. The van der Waals surface area contributed by atoms with Crippen LogP contribution in [0.25, 0.3) is 35.2 Å². The molecule has 1 aliphatic rings. The third-order valence-corrected chi connectivity index (χ3v) is 7.76. The summed E-state index contributed by atoms with van der Waals surface area (Å²) in [7, 11) is 0. The molecule has 7 heteroatoms. The van der Waals surface area contributed by atoms with Crippen LogP contribution in [0.15, 0.2) is 66.7 Å². The Morgan fingerprint density at radius 2 is 1.70 bits per heavy atom. The number of carbonyl (C=O) groups excluding carboxylic acids is 1. The Labute approximate surface area is 240 Å². The van der Waals surface area contributed by atoms with Crippen molar-refractivity contribution in [1.29, 1.82) is 0 Å². The van der Waals surface area contributed by atoms with Crippen molar-refractivity contribution >= 4 is 52.9 Å². The van der Waals surface area contributed by atoms with Crippen LogP contribution in [0.2, 0.25) is 0 Å². The molecule has 0 saturated heterocycles. The van der Waals surface area contributed by atoms with E-state index in [1.54, 1.807) is 30.8 Å². The second kappa shape index (κ2) is 11.7. The molecule has 1 heterocycles. The van der Waals surface area contributed by atoms with Gasteiger partial charge < -0.3 is 9.90 Å². The number of thioether (sulfide) groups is 1. The van der Waals surface area contributed by atoms with Gasteiger partial charge in [-0.05, 0) is 52.1 Å². The molecule has 5 rings (SSSR count). The fraction of sp³-hybridized carbons (Fsp3) is 0.133. The summed E-state index contributed by atoms with van der Waals surface area (Å²) < 4.78 is 27.1. The predicted octanol–water partition coefficient (Wildman–Crippen LogP) is 3.38. The molecule has 3 aromatic carbocycles. The fourth-order valence-electron chi connectivity index (χ4n) is 4.22. The number of hydrogen-bond donors (Lipinski definition) is 0. The van der Waals surface area contributed by atoms with Gasteiger partial charge >= 0.3 is 29.6 Å². The minimum Gasteiger partial charge on any atom is -0.550 e. The van der Waals surface area contributed by atoms with Gasteiger partial charge in [-0.2, -0.15) is 0 Å². The molecule has 180 valence electrons. The monoisotopic (exact) mass is 521 g/mol. The van der Waals surface area contributed by atoms with Crippen LogP contribution in [0.5, 0.6) is 0 Å². The molecule has 37 heavy (non-hydrogen) atoms. The van der Waals surface area contributed by atoms with Crippen molar-refractivity contribution in [3.8, 4) is 0 Å². The number of fused-ring (bicyclic) bond motifs is 3. The van der Waals surface area contributed by atoms with Crippen molar-refractivity contribution in [2.75, 3.05) is 5.75 Å². The largest absolute Gasteiger partial charge is 1.00 e. The number of carboxylic acid groups (broad SMARTS) is 1. The van der Waals surface area contributed by atoms with Gasteiger partial charge in [0.15, 0.2) is 11.6 Å². The van der Waals surface area contributed by atoms with Crippen LogP contribution in [0.3, 0.4) is 0 Å². The Bertz CT molecular complexity index is 1540. The molecule has 0 bridgehead atoms. The zero-order chi connectivity index (χ0) is 25.2. The number of benzene rings is 3. The normalized spacial score (nSPS) is 15.1. The molecule has 0 radical (unpaired) electrons. The average Bonchev–Trinajstić information content (AvgIpc) is 3.03. The molecular formula is C30H22F2NNaO2S. The zero-order valence-corrected chi connectivity index (χ0v) is 23.3. The molecule has 0 fully saturated rings. The Kier molecular flexibility index (Phi) is 8.65. The van der Waals surface area contributed by atoms with E-state index in [0.717, 1.165) is 39.9 Å². The molecule has 0 spiro atoms. The number of hydrogen-bond acceptors (Lipinski definition) is 4. The number of rotatable bonds is 6. The van der Waals surface area contributed by atoms with Gasteiger partial charge in [-0.3, -0.25) is 0 Å². The summed E-state index contributed by atoms with van der Waals surface area (Å²) >= 11 is 1.60. The summed E-state index contributed by atoms with van der Waals surface area (Å²) in [6, 6.07) is 20.0. The van der Waals surface area contributed by atoms with Crippen molar-refractivity contribution in [2.45, 2.75) is 12.2 Å². The summed E-state index contributed by atoms with van der Waals surface area (Å²) in [5, 5.41) is 11.8. The smallest absolute Gasteiger partial charge is 0.550 e. The third kappa shape index (κ3) is 6.04. The number of halogens is 2. The molecule has 4 aromatic rings. The van der Waals surface area contributed by atoms with E-state index in [4.69, 9.17) is 0 Å². The number of aliphatic carboxylic acids is 1. The van der Waals surface area contributed by atoms with E-state index in [9.17, 15) is 18.7 Å². The predicted molar refractivity (Wildman–Crippen MR) is 141 cm³/mol. The zero-order valence-electron chi connectivity index (χ0n) is 20.4. The first-order valence-electron chi connectivity index (χ1n) is 11.6. The first-order valence-corrected chi connectivity index (χ1v) is 12.6. The van der Waals surface area contributed by atoms with Crippen molar-refractivity contribution in [3.63, 3.8) is 0 Å². The summed E-state index contributed by atoms with van der Waals surface area (Å²) in [5.41, 5.74) is 6.37. The van der Waals surface area contributed by atoms with E-state index >= 15 is 0 Å². The molecule has 0 N–H and O–H groups in total. The minimum atomic E-state index is -1.05. The van der Waals surface area contributed by atoms with E-state index in [1.807, 2.05) is 30.4 Å². The maximum atomic E-state index is 13.6. The van der Waals surface area contributed by atoms with Crippen LogP contribution in [0.1, 0.15) is 45.7 Å². The Hall–Kier alpha value is -2.77. The summed E-state index contributed by atoms with van der Waals surface area (Å²) in [5.74, 6) is -3.01. The Morgan fingerprint density at radius 1 is 0.973 bits per heavy atom. The summed E-state index contributed by atoms with van der Waals surface area (Å²) in [6.45, 7) is 1.67. The molecule has 1 aromatic heterocycles. The SMILES string of the molecule is C[C@H](CSC1c2ccccc2C=Cc2ccc(/C=C/c3ccc4cc(F)c(F)cc4n3)cc21)C(=O)[O-].[Na+]. The first-order chi connectivity index (χ1) is 17.4. The Balaban J connectivity index is 0.00000320. The van der Waals surface area contributed by atoms with Crippen LogP contribution >= 0.6 is 11.8 Å². The van der Waals surface area contributed by atoms with Crippen LogP contribution in [-0.2, 0) is 4.79 Å². The second-order valence-electron chi connectivity index (χ2n) is 8.81. The van der Waals surface area contributed by atoms with Crippen molar-refractivity contribution in [3.05, 3.63) is 112 Å². The maximum Gasteiger partial charge on any atom is 1.00 e. The molecule has 0 saturated carbocycles. The van der Waals surface area contributed by atoms with Crippen LogP contribution in [0, 0.1) is 17.6 Å². The molecule has 3 nitrogen and oxygen atoms in total. The van der Waals surface area contributed by atoms with Gasteiger partial charge in [-0.15, -0.1) is 11.8 Å². The van der Waals surface area contributed by atoms with Crippen LogP contribution in [0.4, 0.5) is 8.78 Å². The number of nitrogens with zero attached hydrogens (tertiary/aromatic N) is 1. The minimum absolute atomic E-state index is 0. The number of aromatic nitrogens is 1. The van der Waals surface area contributed by atoms with Gasteiger partial charge in [-0.1, -0.05) is 67.6 Å². The van der Waals surface area contributed by atoms with E-state index in [0.29, 0.717) is 22.3 Å². The van der Waals surface area contributed by atoms with E-state index < -0.39 is 23.5 Å². The topological polar surface area (TPSA) is 53.0 Å². The fourth-order valence-corrected chi connectivity index (χ4v) is 5.62. The van der Waals surface area contributed by atoms with Crippen molar-refractivity contribution < 1.29 is 48.2 Å². The number of pyridine rings is 1. The summed E-state index contributed by atoms with van der Waals surface area (Å²) in [4.78, 5) is 15.8. The third-order valence-electron chi connectivity index (χ3n) is 6.23. The van der Waals surface area contributed by atoms with E-state index in [2.05, 4.69) is 41.4 Å². The van der Waals surface area contributed by atoms with Crippen LogP contribution in [-0.4, -0.2) is 16.7 Å². The Morgan fingerprint density at radius 3 is 2.49 bits per heavy atom. The molecular weight excluding hydrogens is 499 g/mol. The van der Waals surface area contributed by atoms with Crippen molar-refractivity contribution in [2.24, 2.45) is 5.92 Å². The molecule has 1 unspecified atom stereocenters.